The first kappa shape index (κ1) is 21.9. The van der Waals surface area contributed by atoms with Crippen LogP contribution in [0.15, 0.2) is 54.1 Å². The predicted molar refractivity (Wildman–Crippen MR) is 113 cm³/mol. The van der Waals surface area contributed by atoms with Crippen LogP contribution in [-0.4, -0.2) is 37.9 Å². The van der Waals surface area contributed by atoms with Crippen molar-refractivity contribution >= 4 is 28.1 Å². The van der Waals surface area contributed by atoms with E-state index in [0.717, 1.165) is 23.4 Å². The standard InChI is InChI=1S/C21H18F3N5O2S/c1-32(31)20-26-10-14-12-29(6-5-18(14)28-20)17-7-13(9-25-11-17)19(30)27-16-4-2-3-15(8-16)21(22,23)24/h2-4,7-11H,5-6,12H2,1H3,(H,27,30). The highest BCUT2D eigenvalue weighted by Gasteiger charge is 2.30. The van der Waals surface area contributed by atoms with Crippen LogP contribution in [0.2, 0.25) is 0 Å². The number of benzene rings is 1. The van der Waals surface area contributed by atoms with E-state index in [4.69, 9.17) is 0 Å². The van der Waals surface area contributed by atoms with Gasteiger partial charge in [-0.05, 0) is 24.3 Å². The van der Waals surface area contributed by atoms with Crippen LogP contribution in [0.1, 0.15) is 27.2 Å². The summed E-state index contributed by atoms with van der Waals surface area (Å²) in [5, 5.41) is 2.79. The Labute approximate surface area is 184 Å². The van der Waals surface area contributed by atoms with Crippen molar-refractivity contribution in [1.82, 2.24) is 15.0 Å². The average molecular weight is 461 g/mol. The number of carbonyl (C=O) groups excluding carboxylic acids is 1. The van der Waals surface area contributed by atoms with E-state index in [2.05, 4.69) is 20.3 Å². The van der Waals surface area contributed by atoms with E-state index in [0.29, 0.717) is 30.4 Å². The molecule has 0 aliphatic carbocycles. The zero-order valence-electron chi connectivity index (χ0n) is 16.9. The molecular weight excluding hydrogens is 443 g/mol. The summed E-state index contributed by atoms with van der Waals surface area (Å²) < 4.78 is 50.3. The number of hydrogen-bond donors (Lipinski definition) is 1. The van der Waals surface area contributed by atoms with Crippen LogP contribution in [0.3, 0.4) is 0 Å². The first-order valence-corrected chi connectivity index (χ1v) is 11.1. The van der Waals surface area contributed by atoms with E-state index >= 15 is 0 Å². The molecule has 1 atom stereocenters. The van der Waals surface area contributed by atoms with Crippen molar-refractivity contribution in [3.8, 4) is 0 Å². The SMILES string of the molecule is CS(=O)c1ncc2c(n1)CCN(c1cncc(C(=O)Nc3cccc(C(F)(F)F)c3)c1)C2. The molecule has 0 fully saturated rings. The first-order valence-electron chi connectivity index (χ1n) is 9.57. The van der Waals surface area contributed by atoms with Crippen molar-refractivity contribution in [3.05, 3.63) is 71.3 Å². The first-order chi connectivity index (χ1) is 15.2. The van der Waals surface area contributed by atoms with Gasteiger partial charge in [0.25, 0.3) is 5.91 Å². The number of hydrogen-bond acceptors (Lipinski definition) is 6. The lowest BCUT2D eigenvalue weighted by Crippen LogP contribution is -2.31. The van der Waals surface area contributed by atoms with E-state index in [1.165, 1.54) is 24.6 Å². The Morgan fingerprint density at radius 1 is 1.19 bits per heavy atom. The van der Waals surface area contributed by atoms with Gasteiger partial charge >= 0.3 is 6.18 Å². The Hall–Kier alpha value is -3.34. The van der Waals surface area contributed by atoms with Crippen LogP contribution >= 0.6 is 0 Å². The lowest BCUT2D eigenvalue weighted by Gasteiger charge is -2.29. The summed E-state index contributed by atoms with van der Waals surface area (Å²) in [5.41, 5.74) is 1.85. The van der Waals surface area contributed by atoms with Gasteiger partial charge in [0.15, 0.2) is 0 Å². The van der Waals surface area contributed by atoms with E-state index < -0.39 is 28.4 Å². The molecule has 11 heteroatoms. The second-order valence-corrected chi connectivity index (χ2v) is 8.49. The molecule has 166 valence electrons. The van der Waals surface area contributed by atoms with Gasteiger partial charge in [0.2, 0.25) is 5.16 Å². The molecule has 2 aromatic heterocycles. The summed E-state index contributed by atoms with van der Waals surface area (Å²) >= 11 is 0. The second kappa shape index (κ2) is 8.65. The minimum atomic E-state index is -4.50. The second-order valence-electron chi connectivity index (χ2n) is 7.21. The molecule has 0 saturated carbocycles. The summed E-state index contributed by atoms with van der Waals surface area (Å²) in [5.74, 6) is -0.561. The fraction of sp³-hybridized carbons (Fsp3) is 0.238. The molecular formula is C21H18F3N5O2S. The van der Waals surface area contributed by atoms with Crippen molar-refractivity contribution in [2.24, 2.45) is 0 Å². The molecule has 1 aliphatic heterocycles. The third kappa shape index (κ3) is 4.77. The maximum atomic E-state index is 12.9. The van der Waals surface area contributed by atoms with Gasteiger partial charge in [-0.1, -0.05) is 6.07 Å². The molecule has 0 radical (unpaired) electrons. The quantitative estimate of drug-likeness (QED) is 0.599. The number of nitrogens with zero attached hydrogens (tertiary/aromatic N) is 4. The van der Waals surface area contributed by atoms with Gasteiger partial charge in [0.05, 0.1) is 39.5 Å². The number of halogens is 3. The largest absolute Gasteiger partial charge is 0.416 e. The molecule has 32 heavy (non-hydrogen) atoms. The number of carbonyl (C=O) groups is 1. The molecule has 1 aromatic carbocycles. The fourth-order valence-electron chi connectivity index (χ4n) is 3.36. The average Bonchev–Trinajstić information content (AvgIpc) is 2.78. The van der Waals surface area contributed by atoms with Crippen molar-refractivity contribution in [1.29, 1.82) is 0 Å². The minimum absolute atomic E-state index is 0.0448. The highest BCUT2D eigenvalue weighted by atomic mass is 32.2. The molecule has 1 aliphatic rings. The van der Waals surface area contributed by atoms with Crippen molar-refractivity contribution in [2.45, 2.75) is 24.3 Å². The van der Waals surface area contributed by atoms with Crippen LogP contribution in [0.5, 0.6) is 0 Å². The van der Waals surface area contributed by atoms with Crippen molar-refractivity contribution < 1.29 is 22.2 Å². The molecule has 0 bridgehead atoms. The number of aromatic nitrogens is 3. The van der Waals surface area contributed by atoms with E-state index in [9.17, 15) is 22.2 Å². The van der Waals surface area contributed by atoms with Gasteiger partial charge in [0.1, 0.15) is 0 Å². The van der Waals surface area contributed by atoms with Gasteiger partial charge in [-0.3, -0.25) is 14.0 Å². The van der Waals surface area contributed by atoms with Crippen LogP contribution in [0, 0.1) is 0 Å². The van der Waals surface area contributed by atoms with Crippen LogP contribution in [-0.2, 0) is 29.9 Å². The fourth-order valence-corrected chi connectivity index (χ4v) is 3.80. The molecule has 3 heterocycles. The lowest BCUT2D eigenvalue weighted by molar-refractivity contribution is -0.137. The van der Waals surface area contributed by atoms with Gasteiger partial charge in [-0.25, -0.2) is 9.97 Å². The Balaban J connectivity index is 1.50. The number of amides is 1. The maximum Gasteiger partial charge on any atom is 0.416 e. The molecule has 1 amide bonds. The molecule has 0 saturated heterocycles. The predicted octanol–water partition coefficient (Wildman–Crippen LogP) is 3.44. The minimum Gasteiger partial charge on any atom is -0.365 e. The Kier molecular flexibility index (Phi) is 5.92. The smallest absolute Gasteiger partial charge is 0.365 e. The monoisotopic (exact) mass is 461 g/mol. The van der Waals surface area contributed by atoms with Gasteiger partial charge in [-0.2, -0.15) is 13.2 Å². The van der Waals surface area contributed by atoms with Crippen LogP contribution in [0.25, 0.3) is 0 Å². The van der Waals surface area contributed by atoms with E-state index in [1.807, 2.05) is 4.90 Å². The number of nitrogens with one attached hydrogen (secondary N) is 1. The zero-order valence-corrected chi connectivity index (χ0v) is 17.7. The number of alkyl halides is 3. The third-order valence-corrected chi connectivity index (χ3v) is 5.68. The normalized spacial score (nSPS) is 14.6. The summed E-state index contributed by atoms with van der Waals surface area (Å²) in [6.45, 7) is 1.10. The lowest BCUT2D eigenvalue weighted by atomic mass is 10.1. The molecule has 7 nitrogen and oxygen atoms in total. The Bertz CT molecular complexity index is 1200. The molecule has 0 spiro atoms. The van der Waals surface area contributed by atoms with Gasteiger partial charge in [0, 0.05) is 49.4 Å². The summed E-state index contributed by atoms with van der Waals surface area (Å²) in [6, 6.07) is 6.09. The summed E-state index contributed by atoms with van der Waals surface area (Å²) in [7, 11) is -1.26. The summed E-state index contributed by atoms with van der Waals surface area (Å²) in [6.07, 6.45) is 2.27. The van der Waals surface area contributed by atoms with Crippen LogP contribution < -0.4 is 10.2 Å². The molecule has 1 unspecified atom stereocenters. The zero-order chi connectivity index (χ0) is 22.9. The number of anilines is 2. The van der Waals surface area contributed by atoms with E-state index in [1.54, 1.807) is 18.5 Å². The topological polar surface area (TPSA) is 88.1 Å². The van der Waals surface area contributed by atoms with Gasteiger partial charge in [-0.15, -0.1) is 0 Å². The van der Waals surface area contributed by atoms with Crippen LogP contribution in [0.4, 0.5) is 24.5 Å². The van der Waals surface area contributed by atoms with Crippen molar-refractivity contribution in [2.75, 3.05) is 23.0 Å². The molecule has 3 aromatic rings. The molecule has 1 N–H and O–H groups in total. The third-order valence-electron chi connectivity index (χ3n) is 4.97. The highest BCUT2D eigenvalue weighted by Crippen LogP contribution is 2.31. The van der Waals surface area contributed by atoms with Gasteiger partial charge < -0.3 is 10.2 Å². The number of pyridine rings is 1. The van der Waals surface area contributed by atoms with E-state index in [-0.39, 0.29) is 11.3 Å². The Morgan fingerprint density at radius 2 is 2.00 bits per heavy atom. The van der Waals surface area contributed by atoms with Crippen molar-refractivity contribution in [3.63, 3.8) is 0 Å². The highest BCUT2D eigenvalue weighted by molar-refractivity contribution is 7.84. The number of fused-ring (bicyclic) bond motifs is 1. The maximum absolute atomic E-state index is 12.9. The summed E-state index contributed by atoms with van der Waals surface area (Å²) in [4.78, 5) is 27.2. The molecule has 4 rings (SSSR count). The Morgan fingerprint density at radius 3 is 2.75 bits per heavy atom. The number of rotatable bonds is 4.